The smallest absolute Gasteiger partial charge is 0.0777 e. The van der Waals surface area contributed by atoms with E-state index < -0.39 is 0 Å². The van der Waals surface area contributed by atoms with Gasteiger partial charge in [-0.2, -0.15) is 0 Å². The van der Waals surface area contributed by atoms with Gasteiger partial charge in [0.25, 0.3) is 0 Å². The molecule has 1 saturated heterocycles. The lowest BCUT2D eigenvalue weighted by molar-refractivity contribution is -0.0530. The predicted molar refractivity (Wildman–Crippen MR) is 74.4 cm³/mol. The number of hydrogen-bond acceptors (Lipinski definition) is 2. The summed E-state index contributed by atoms with van der Waals surface area (Å²) in [7, 11) is 1.86. The van der Waals surface area contributed by atoms with Gasteiger partial charge in [-0.1, -0.05) is 13.8 Å². The summed E-state index contributed by atoms with van der Waals surface area (Å²) in [4.78, 5) is 2.66. The molecule has 2 atom stereocenters. The molecule has 0 spiro atoms. The molecular formula is C15H31NO. The molecule has 0 aromatic heterocycles. The van der Waals surface area contributed by atoms with Crippen LogP contribution in [-0.2, 0) is 4.74 Å². The molecule has 1 fully saturated rings. The minimum atomic E-state index is 0.0247. The molecule has 2 nitrogen and oxygen atoms in total. The first-order valence-corrected chi connectivity index (χ1v) is 7.01. The van der Waals surface area contributed by atoms with Gasteiger partial charge in [0.15, 0.2) is 0 Å². The topological polar surface area (TPSA) is 12.5 Å². The van der Waals surface area contributed by atoms with Gasteiger partial charge in [0.1, 0.15) is 0 Å². The Bertz CT molecular complexity index is 244. The highest BCUT2D eigenvalue weighted by Crippen LogP contribution is 2.34. The van der Waals surface area contributed by atoms with Gasteiger partial charge >= 0.3 is 0 Å². The van der Waals surface area contributed by atoms with Crippen molar-refractivity contribution >= 4 is 0 Å². The van der Waals surface area contributed by atoms with Crippen LogP contribution in [0, 0.1) is 5.92 Å². The number of likely N-dealkylation sites (tertiary alicyclic amines) is 1. The van der Waals surface area contributed by atoms with E-state index in [0.717, 1.165) is 6.54 Å². The van der Waals surface area contributed by atoms with E-state index >= 15 is 0 Å². The second kappa shape index (κ2) is 5.27. The van der Waals surface area contributed by atoms with Gasteiger partial charge in [0.2, 0.25) is 0 Å². The monoisotopic (exact) mass is 241 g/mol. The molecule has 0 N–H and O–H groups in total. The second-order valence-corrected chi connectivity index (χ2v) is 7.16. The number of rotatable bonds is 2. The quantitative estimate of drug-likeness (QED) is 0.731. The lowest BCUT2D eigenvalue weighted by atomic mass is 9.93. The van der Waals surface area contributed by atoms with Crippen molar-refractivity contribution in [3.05, 3.63) is 0 Å². The van der Waals surface area contributed by atoms with Gasteiger partial charge in [-0.3, -0.25) is 4.90 Å². The molecular weight excluding hydrogens is 210 g/mol. The Morgan fingerprint density at radius 2 is 1.88 bits per heavy atom. The predicted octanol–water partition coefficient (Wildman–Crippen LogP) is 3.70. The maximum Gasteiger partial charge on any atom is 0.0777 e. The summed E-state index contributed by atoms with van der Waals surface area (Å²) in [6.45, 7) is 15.0. The largest absolute Gasteiger partial charge is 0.377 e. The average molecular weight is 241 g/mol. The van der Waals surface area contributed by atoms with Gasteiger partial charge < -0.3 is 4.74 Å². The third-order valence-corrected chi connectivity index (χ3v) is 4.23. The van der Waals surface area contributed by atoms with Crippen LogP contribution in [0.5, 0.6) is 0 Å². The summed E-state index contributed by atoms with van der Waals surface area (Å²) in [5.41, 5.74) is 0.246. The number of nitrogens with zero attached hydrogens (tertiary/aromatic N) is 1. The van der Waals surface area contributed by atoms with Crippen LogP contribution in [0.25, 0.3) is 0 Å². The lowest BCUT2D eigenvalue weighted by Crippen LogP contribution is -2.54. The van der Waals surface area contributed by atoms with Crippen molar-refractivity contribution < 1.29 is 4.74 Å². The maximum absolute atomic E-state index is 5.77. The van der Waals surface area contributed by atoms with E-state index in [4.69, 9.17) is 4.74 Å². The first-order valence-electron chi connectivity index (χ1n) is 7.01. The summed E-state index contributed by atoms with van der Waals surface area (Å²) >= 11 is 0. The fraction of sp³-hybridized carbons (Fsp3) is 1.00. The molecule has 0 radical (unpaired) electrons. The molecule has 17 heavy (non-hydrogen) atoms. The van der Waals surface area contributed by atoms with Crippen LogP contribution in [-0.4, -0.2) is 35.7 Å². The Kier molecular flexibility index (Phi) is 4.65. The Morgan fingerprint density at radius 1 is 1.29 bits per heavy atom. The Labute approximate surface area is 108 Å². The molecule has 0 amide bonds. The molecule has 0 aliphatic carbocycles. The van der Waals surface area contributed by atoms with Crippen molar-refractivity contribution in [2.45, 2.75) is 78.0 Å². The highest BCUT2D eigenvalue weighted by atomic mass is 16.5. The summed E-state index contributed by atoms with van der Waals surface area (Å²) in [5, 5.41) is 0. The SMILES string of the molecule is COC1(C)CCCC(C(C)C)N(C(C)(C)C)C1. The van der Waals surface area contributed by atoms with Gasteiger partial charge in [0.05, 0.1) is 5.60 Å². The number of methoxy groups -OCH3 is 1. The molecule has 0 aromatic rings. The number of ether oxygens (including phenoxy) is 1. The summed E-state index contributed by atoms with van der Waals surface area (Å²) < 4.78 is 5.77. The number of hydrogen-bond donors (Lipinski definition) is 0. The van der Waals surface area contributed by atoms with Crippen molar-refractivity contribution in [2.75, 3.05) is 13.7 Å². The fourth-order valence-electron chi connectivity index (χ4n) is 2.99. The van der Waals surface area contributed by atoms with Crippen molar-refractivity contribution in [2.24, 2.45) is 5.92 Å². The first-order chi connectivity index (χ1) is 7.69. The highest BCUT2D eigenvalue weighted by Gasteiger charge is 2.39. The zero-order valence-corrected chi connectivity index (χ0v) is 12.8. The molecule has 0 saturated carbocycles. The van der Waals surface area contributed by atoms with Gasteiger partial charge in [-0.15, -0.1) is 0 Å². The van der Waals surface area contributed by atoms with E-state index in [0.29, 0.717) is 12.0 Å². The van der Waals surface area contributed by atoms with Crippen molar-refractivity contribution in [1.82, 2.24) is 4.90 Å². The Hall–Kier alpha value is -0.0800. The van der Waals surface area contributed by atoms with Crippen LogP contribution in [0.2, 0.25) is 0 Å². The summed E-state index contributed by atoms with van der Waals surface area (Å²) in [5.74, 6) is 0.716. The third kappa shape index (κ3) is 3.69. The summed E-state index contributed by atoms with van der Waals surface area (Å²) in [6, 6.07) is 0.687. The molecule has 0 bridgehead atoms. The van der Waals surface area contributed by atoms with E-state index in [1.807, 2.05) is 7.11 Å². The van der Waals surface area contributed by atoms with Crippen molar-refractivity contribution in [1.29, 1.82) is 0 Å². The molecule has 1 aliphatic heterocycles. The molecule has 102 valence electrons. The standard InChI is InChI=1S/C15H31NO/c1-12(2)13-9-8-10-15(6,17-7)11-16(13)14(3,4)5/h12-13H,8-11H2,1-7H3. The molecule has 1 rings (SSSR count). The van der Waals surface area contributed by atoms with E-state index in [-0.39, 0.29) is 11.1 Å². The van der Waals surface area contributed by atoms with Crippen molar-refractivity contribution in [3.63, 3.8) is 0 Å². The first kappa shape index (κ1) is 15.0. The minimum Gasteiger partial charge on any atom is -0.377 e. The van der Waals surface area contributed by atoms with Gasteiger partial charge in [0, 0.05) is 25.2 Å². The van der Waals surface area contributed by atoms with Crippen LogP contribution in [0.3, 0.4) is 0 Å². The van der Waals surface area contributed by atoms with Gasteiger partial charge in [-0.25, -0.2) is 0 Å². The summed E-state index contributed by atoms with van der Waals surface area (Å²) in [6.07, 6.45) is 3.76. The molecule has 2 unspecified atom stereocenters. The molecule has 0 aromatic carbocycles. The molecule has 1 aliphatic rings. The minimum absolute atomic E-state index is 0.0247. The van der Waals surface area contributed by atoms with Crippen LogP contribution in [0.1, 0.15) is 60.8 Å². The van der Waals surface area contributed by atoms with E-state index in [2.05, 4.69) is 46.4 Å². The fourth-order valence-corrected chi connectivity index (χ4v) is 2.99. The van der Waals surface area contributed by atoms with Crippen LogP contribution >= 0.6 is 0 Å². The molecule has 1 heterocycles. The normalized spacial score (nSPS) is 32.8. The Morgan fingerprint density at radius 3 is 2.29 bits per heavy atom. The molecule has 2 heteroatoms. The maximum atomic E-state index is 5.77. The zero-order chi connectivity index (χ0) is 13.3. The lowest BCUT2D eigenvalue weighted by Gasteiger charge is -2.45. The van der Waals surface area contributed by atoms with Crippen LogP contribution in [0.4, 0.5) is 0 Å². The third-order valence-electron chi connectivity index (χ3n) is 4.23. The second-order valence-electron chi connectivity index (χ2n) is 7.16. The van der Waals surface area contributed by atoms with E-state index in [9.17, 15) is 0 Å². The van der Waals surface area contributed by atoms with Gasteiger partial charge in [-0.05, 0) is 52.9 Å². The van der Waals surface area contributed by atoms with E-state index in [1.165, 1.54) is 19.3 Å². The zero-order valence-electron chi connectivity index (χ0n) is 12.8. The average Bonchev–Trinajstić information content (AvgIpc) is 2.37. The van der Waals surface area contributed by atoms with Crippen molar-refractivity contribution in [3.8, 4) is 0 Å². The highest BCUT2D eigenvalue weighted by molar-refractivity contribution is 4.93. The Balaban J connectivity index is 2.96. The van der Waals surface area contributed by atoms with Crippen LogP contribution < -0.4 is 0 Å². The van der Waals surface area contributed by atoms with Crippen LogP contribution in [0.15, 0.2) is 0 Å². The van der Waals surface area contributed by atoms with E-state index in [1.54, 1.807) is 0 Å².